The van der Waals surface area contributed by atoms with E-state index in [0.29, 0.717) is 57.1 Å². The summed E-state index contributed by atoms with van der Waals surface area (Å²) < 4.78 is 12.0. The lowest BCUT2D eigenvalue weighted by molar-refractivity contribution is -0.122. The summed E-state index contributed by atoms with van der Waals surface area (Å²) in [5.41, 5.74) is 9.89. The normalized spacial score (nSPS) is 16.1. The standard InChI is InChI=1S/C33H31N7O6S2/c34-32-36-19-26-25(38-32)16-23(18-35-26)21-3-6-27(46-14-11-39-9-12-45-13-10-39)22(15-21)17-28-30(42)40(33(47)48-28)8-7-29(41)37-24-4-1-20(2-5-24)31(43)44/h1-6,15-19H,7-14H2,(H,37,41)(H,43,44)(H2,34,36,38). The molecular formula is C33H31N7O6S2. The van der Waals surface area contributed by atoms with Gasteiger partial charge in [0.25, 0.3) is 5.91 Å². The number of carboxylic acids is 1. The predicted octanol–water partition coefficient (Wildman–Crippen LogP) is 3.91. The Labute approximate surface area is 285 Å². The predicted molar refractivity (Wildman–Crippen MR) is 186 cm³/mol. The third-order valence-electron chi connectivity index (χ3n) is 7.70. The molecule has 0 unspecified atom stereocenters. The number of aromatic nitrogens is 3. The second-order valence-electron chi connectivity index (χ2n) is 10.9. The van der Waals surface area contributed by atoms with Crippen molar-refractivity contribution in [3.63, 3.8) is 0 Å². The first-order chi connectivity index (χ1) is 23.2. The second kappa shape index (κ2) is 14.9. The Morgan fingerprint density at radius 2 is 1.83 bits per heavy atom. The summed E-state index contributed by atoms with van der Waals surface area (Å²) in [4.78, 5) is 54.1. The molecule has 13 nitrogen and oxygen atoms in total. The number of amides is 2. The lowest BCUT2D eigenvalue weighted by Crippen LogP contribution is -2.38. The molecule has 0 saturated carbocycles. The monoisotopic (exact) mass is 685 g/mol. The minimum absolute atomic E-state index is 0.00514. The molecule has 2 aliphatic heterocycles. The number of carbonyl (C=O) groups is 3. The van der Waals surface area contributed by atoms with Gasteiger partial charge in [-0.05, 0) is 54.1 Å². The van der Waals surface area contributed by atoms with E-state index in [4.69, 9.17) is 32.5 Å². The van der Waals surface area contributed by atoms with Crippen molar-refractivity contribution >= 4 is 74.8 Å². The van der Waals surface area contributed by atoms with Crippen LogP contribution in [-0.2, 0) is 14.3 Å². The van der Waals surface area contributed by atoms with Gasteiger partial charge in [-0.3, -0.25) is 24.4 Å². The lowest BCUT2D eigenvalue weighted by atomic mass is 10.0. The van der Waals surface area contributed by atoms with Gasteiger partial charge < -0.3 is 25.6 Å². The molecule has 2 amide bonds. The van der Waals surface area contributed by atoms with Gasteiger partial charge in [0.2, 0.25) is 11.9 Å². The number of nitrogens with two attached hydrogens (primary N) is 1. The number of nitrogen functional groups attached to an aromatic ring is 1. The summed E-state index contributed by atoms with van der Waals surface area (Å²) in [6.07, 6.45) is 5.05. The number of thioether (sulfide) groups is 1. The van der Waals surface area contributed by atoms with E-state index >= 15 is 0 Å². The van der Waals surface area contributed by atoms with Crippen LogP contribution in [-0.4, -0.2) is 98.0 Å². The molecule has 2 aromatic carbocycles. The minimum Gasteiger partial charge on any atom is -0.492 e. The van der Waals surface area contributed by atoms with Crippen LogP contribution < -0.4 is 15.8 Å². The molecule has 2 aliphatic rings. The van der Waals surface area contributed by atoms with Crippen LogP contribution in [0, 0.1) is 0 Å². The molecule has 2 saturated heterocycles. The van der Waals surface area contributed by atoms with Crippen LogP contribution in [0.4, 0.5) is 11.6 Å². The first-order valence-electron chi connectivity index (χ1n) is 15.1. The third-order valence-corrected chi connectivity index (χ3v) is 9.08. The maximum absolute atomic E-state index is 13.5. The van der Waals surface area contributed by atoms with Gasteiger partial charge in [-0.2, -0.15) is 0 Å². The summed E-state index contributed by atoms with van der Waals surface area (Å²) in [6.45, 7) is 4.33. The number of aromatic carboxylic acids is 1. The van der Waals surface area contributed by atoms with Crippen LogP contribution in [0.1, 0.15) is 22.3 Å². The largest absolute Gasteiger partial charge is 0.492 e. The average molecular weight is 686 g/mol. The van der Waals surface area contributed by atoms with Gasteiger partial charge in [-0.15, -0.1) is 0 Å². The van der Waals surface area contributed by atoms with Gasteiger partial charge in [0.05, 0.1) is 35.4 Å². The number of rotatable bonds is 11. The highest BCUT2D eigenvalue weighted by molar-refractivity contribution is 8.26. The van der Waals surface area contributed by atoms with Crippen molar-refractivity contribution in [3.05, 3.63) is 77.0 Å². The Hall–Kier alpha value is -4.96. The number of benzene rings is 2. The number of hydrogen-bond donors (Lipinski definition) is 3. The van der Waals surface area contributed by atoms with Crippen LogP contribution >= 0.6 is 24.0 Å². The van der Waals surface area contributed by atoms with Gasteiger partial charge >= 0.3 is 5.97 Å². The molecule has 6 rings (SSSR count). The Morgan fingerprint density at radius 3 is 2.60 bits per heavy atom. The number of carbonyl (C=O) groups excluding carboxylic acids is 2. The van der Waals surface area contributed by atoms with Gasteiger partial charge in [0, 0.05) is 55.6 Å². The summed E-state index contributed by atoms with van der Waals surface area (Å²) in [5.74, 6) is -0.949. The van der Waals surface area contributed by atoms with Gasteiger partial charge in [0.1, 0.15) is 22.2 Å². The van der Waals surface area contributed by atoms with Crippen LogP contribution in [0.3, 0.4) is 0 Å². The van der Waals surface area contributed by atoms with Gasteiger partial charge in [0.15, 0.2) is 0 Å². The SMILES string of the molecule is Nc1ncc2ncc(-c3ccc(OCCN4CCOCC4)c(C=C4SC(=S)N(CCC(=O)Nc5ccc(C(=O)O)cc5)C4=O)c3)cc2n1. The van der Waals surface area contributed by atoms with Crippen molar-refractivity contribution < 1.29 is 29.0 Å². The molecule has 4 heterocycles. The number of ether oxygens (including phenoxy) is 2. The molecule has 0 aliphatic carbocycles. The van der Waals surface area contributed by atoms with Gasteiger partial charge in [-0.25, -0.2) is 14.8 Å². The Bertz CT molecular complexity index is 1910. The second-order valence-corrected chi connectivity index (χ2v) is 12.6. The zero-order chi connectivity index (χ0) is 33.6. The van der Waals surface area contributed by atoms with Crippen molar-refractivity contribution in [3.8, 4) is 16.9 Å². The van der Waals surface area contributed by atoms with Crippen molar-refractivity contribution in [2.75, 3.05) is 57.1 Å². The highest BCUT2D eigenvalue weighted by atomic mass is 32.2. The number of carboxylic acid groups (broad SMARTS) is 1. The maximum atomic E-state index is 13.5. The quantitative estimate of drug-likeness (QED) is 0.153. The van der Waals surface area contributed by atoms with E-state index in [9.17, 15) is 14.4 Å². The summed E-state index contributed by atoms with van der Waals surface area (Å²) in [6, 6.07) is 13.4. The summed E-state index contributed by atoms with van der Waals surface area (Å²) >= 11 is 6.68. The zero-order valence-electron chi connectivity index (χ0n) is 25.6. The van der Waals surface area contributed by atoms with Crippen LogP contribution in [0.25, 0.3) is 28.2 Å². The summed E-state index contributed by atoms with van der Waals surface area (Å²) in [5, 5.41) is 11.8. The zero-order valence-corrected chi connectivity index (χ0v) is 27.3. The van der Waals surface area contributed by atoms with E-state index in [1.807, 2.05) is 24.3 Å². The molecular weight excluding hydrogens is 655 g/mol. The number of hydrogen-bond acceptors (Lipinski definition) is 12. The number of thiocarbonyl (C=S) groups is 1. The lowest BCUT2D eigenvalue weighted by Gasteiger charge is -2.26. The number of pyridine rings is 1. The summed E-state index contributed by atoms with van der Waals surface area (Å²) in [7, 11) is 0. The Balaban J connectivity index is 1.19. The number of fused-ring (bicyclic) bond motifs is 1. The molecule has 2 fully saturated rings. The molecule has 0 spiro atoms. The highest BCUT2D eigenvalue weighted by Crippen LogP contribution is 2.36. The maximum Gasteiger partial charge on any atom is 0.335 e. The Morgan fingerprint density at radius 1 is 1.04 bits per heavy atom. The molecule has 0 radical (unpaired) electrons. The van der Waals surface area contributed by atoms with E-state index in [1.165, 1.54) is 29.2 Å². The fraction of sp³-hybridized carbons (Fsp3) is 0.242. The topological polar surface area (TPSA) is 173 Å². The molecule has 4 aromatic rings. The minimum atomic E-state index is -1.06. The van der Waals surface area contributed by atoms with Crippen molar-refractivity contribution in [2.45, 2.75) is 6.42 Å². The van der Waals surface area contributed by atoms with Gasteiger partial charge in [-0.1, -0.05) is 30.0 Å². The number of nitrogens with zero attached hydrogens (tertiary/aromatic N) is 5. The highest BCUT2D eigenvalue weighted by Gasteiger charge is 2.32. The molecule has 0 bridgehead atoms. The van der Waals surface area contributed by atoms with Crippen LogP contribution in [0.15, 0.2) is 65.8 Å². The van der Waals surface area contributed by atoms with Crippen LogP contribution in [0.2, 0.25) is 0 Å². The third kappa shape index (κ3) is 7.94. The molecule has 48 heavy (non-hydrogen) atoms. The number of nitrogens with one attached hydrogen (secondary N) is 1. The molecule has 246 valence electrons. The average Bonchev–Trinajstić information content (AvgIpc) is 3.35. The first-order valence-corrected chi connectivity index (χ1v) is 16.3. The number of morpholine rings is 1. The molecule has 15 heteroatoms. The fourth-order valence-electron chi connectivity index (χ4n) is 5.14. The molecule has 4 N–H and O–H groups in total. The molecule has 2 aromatic heterocycles. The van der Waals surface area contributed by atoms with Crippen molar-refractivity contribution in [2.24, 2.45) is 0 Å². The first kappa shape index (κ1) is 33.0. The van der Waals surface area contributed by atoms with Crippen molar-refractivity contribution in [1.82, 2.24) is 24.8 Å². The number of anilines is 2. The van der Waals surface area contributed by atoms with E-state index < -0.39 is 5.97 Å². The van der Waals surface area contributed by atoms with Crippen molar-refractivity contribution in [1.29, 1.82) is 0 Å². The smallest absolute Gasteiger partial charge is 0.335 e. The molecule has 0 atom stereocenters. The van der Waals surface area contributed by atoms with E-state index in [0.717, 1.165) is 42.5 Å². The van der Waals surface area contributed by atoms with E-state index in [-0.39, 0.29) is 36.3 Å². The van der Waals surface area contributed by atoms with E-state index in [1.54, 1.807) is 18.5 Å². The van der Waals surface area contributed by atoms with Crippen LogP contribution in [0.5, 0.6) is 5.75 Å². The Kier molecular flexibility index (Phi) is 10.2. The fourth-order valence-corrected chi connectivity index (χ4v) is 6.44. The van der Waals surface area contributed by atoms with E-state index in [2.05, 4.69) is 25.2 Å².